The van der Waals surface area contributed by atoms with E-state index in [2.05, 4.69) is 28.2 Å². The number of aromatic nitrogens is 1. The zero-order valence-electron chi connectivity index (χ0n) is 16.8. The van der Waals surface area contributed by atoms with Crippen LogP contribution in [0.5, 0.6) is 11.6 Å². The summed E-state index contributed by atoms with van der Waals surface area (Å²) >= 11 is 0. The second-order valence-electron chi connectivity index (χ2n) is 7.83. The molecule has 0 radical (unpaired) electrons. The highest BCUT2D eigenvalue weighted by atomic mass is 19.1. The van der Waals surface area contributed by atoms with Gasteiger partial charge in [-0.05, 0) is 56.8 Å². The van der Waals surface area contributed by atoms with Crippen molar-refractivity contribution in [2.24, 2.45) is 5.92 Å². The maximum Gasteiger partial charge on any atom is 0.213 e. The molecule has 0 spiro atoms. The second kappa shape index (κ2) is 7.95. The summed E-state index contributed by atoms with van der Waals surface area (Å²) in [6.07, 6.45) is 2.10. The lowest BCUT2D eigenvalue weighted by molar-refractivity contribution is 0.246. The average molecular weight is 385 g/mol. The molecular weight excluding hydrogens is 357 g/mol. The van der Waals surface area contributed by atoms with Crippen molar-refractivity contribution in [3.05, 3.63) is 46.9 Å². The number of nitrogens with one attached hydrogen (secondary N) is 1. The zero-order chi connectivity index (χ0) is 19.7. The van der Waals surface area contributed by atoms with Crippen LogP contribution >= 0.6 is 0 Å². The first-order valence-electron chi connectivity index (χ1n) is 9.99. The fraction of sp³-hybridized carbons (Fsp3) is 0.500. The number of pyridine rings is 1. The lowest BCUT2D eigenvalue weighted by atomic mass is 9.98. The summed E-state index contributed by atoms with van der Waals surface area (Å²) < 4.78 is 25.7. The second-order valence-corrected chi connectivity index (χ2v) is 7.83. The Morgan fingerprint density at radius 1 is 1.36 bits per heavy atom. The Morgan fingerprint density at radius 2 is 2.21 bits per heavy atom. The van der Waals surface area contributed by atoms with Gasteiger partial charge in [0.1, 0.15) is 18.2 Å². The van der Waals surface area contributed by atoms with Gasteiger partial charge in [0, 0.05) is 42.5 Å². The standard InChI is InChI=1S/C22H28FN3O2/c1-14-8-17(10-22(25-14)27-3)9-16-4-6-26(13-16)15(2)18-11-21-20(12-19(18)23)24-5-7-28-21/h8,10-12,15-16,24H,4-7,9,13H2,1-3H3/t15-,16-/m1/s1. The van der Waals surface area contributed by atoms with Crippen molar-refractivity contribution in [3.8, 4) is 11.6 Å². The van der Waals surface area contributed by atoms with Crippen molar-refractivity contribution >= 4 is 5.69 Å². The number of nitrogens with zero attached hydrogens (tertiary/aromatic N) is 2. The molecule has 1 aromatic heterocycles. The molecule has 2 aliphatic rings. The number of hydrogen-bond acceptors (Lipinski definition) is 5. The Kier molecular flexibility index (Phi) is 5.40. The quantitative estimate of drug-likeness (QED) is 0.844. The SMILES string of the molecule is COc1cc(C[C@H]2CCN([C@H](C)c3cc4c(cc3F)NCCO4)C2)cc(C)n1. The topological polar surface area (TPSA) is 46.6 Å². The van der Waals surface area contributed by atoms with Crippen LogP contribution in [0.4, 0.5) is 10.1 Å². The fourth-order valence-electron chi connectivity index (χ4n) is 4.33. The summed E-state index contributed by atoms with van der Waals surface area (Å²) in [5.74, 6) is 1.81. The monoisotopic (exact) mass is 385 g/mol. The Morgan fingerprint density at radius 3 is 3.04 bits per heavy atom. The van der Waals surface area contributed by atoms with Crippen LogP contribution in [0, 0.1) is 18.7 Å². The maximum atomic E-state index is 14.7. The van der Waals surface area contributed by atoms with E-state index in [1.807, 2.05) is 19.1 Å². The van der Waals surface area contributed by atoms with Crippen LogP contribution in [0.15, 0.2) is 24.3 Å². The van der Waals surface area contributed by atoms with Crippen LogP contribution in [0.1, 0.15) is 36.2 Å². The van der Waals surface area contributed by atoms with Gasteiger partial charge in [0.15, 0.2) is 0 Å². The van der Waals surface area contributed by atoms with Crippen LogP contribution < -0.4 is 14.8 Å². The Balaban J connectivity index is 1.45. The van der Waals surface area contributed by atoms with Crippen LogP contribution in [-0.2, 0) is 6.42 Å². The summed E-state index contributed by atoms with van der Waals surface area (Å²) in [4.78, 5) is 6.74. The number of methoxy groups -OCH3 is 1. The third kappa shape index (κ3) is 3.92. The third-order valence-corrected chi connectivity index (χ3v) is 5.81. The smallest absolute Gasteiger partial charge is 0.213 e. The number of benzene rings is 1. The molecule has 1 saturated heterocycles. The number of likely N-dealkylation sites (tertiary alicyclic amines) is 1. The Bertz CT molecular complexity index is 858. The summed E-state index contributed by atoms with van der Waals surface area (Å²) in [5, 5.41) is 3.19. The molecule has 3 heterocycles. The van der Waals surface area contributed by atoms with E-state index in [9.17, 15) is 4.39 Å². The van der Waals surface area contributed by atoms with Gasteiger partial charge in [-0.15, -0.1) is 0 Å². The van der Waals surface area contributed by atoms with Crippen molar-refractivity contribution in [1.29, 1.82) is 0 Å². The first-order chi connectivity index (χ1) is 13.5. The number of halogens is 1. The van der Waals surface area contributed by atoms with E-state index in [4.69, 9.17) is 9.47 Å². The van der Waals surface area contributed by atoms with Crippen molar-refractivity contribution in [2.75, 3.05) is 38.7 Å². The van der Waals surface area contributed by atoms with Crippen LogP contribution in [-0.4, -0.2) is 43.2 Å². The number of fused-ring (bicyclic) bond motifs is 1. The van der Waals surface area contributed by atoms with Crippen LogP contribution in [0.25, 0.3) is 0 Å². The van der Waals surface area contributed by atoms with Gasteiger partial charge in [0.25, 0.3) is 0 Å². The lowest BCUT2D eigenvalue weighted by Gasteiger charge is -2.27. The molecule has 1 aromatic carbocycles. The molecule has 4 rings (SSSR count). The molecule has 0 unspecified atom stereocenters. The minimum Gasteiger partial charge on any atom is -0.490 e. The molecule has 0 aliphatic carbocycles. The highest BCUT2D eigenvalue weighted by molar-refractivity contribution is 5.59. The maximum absolute atomic E-state index is 14.7. The predicted octanol–water partition coefficient (Wildman–Crippen LogP) is 3.97. The van der Waals surface area contributed by atoms with E-state index in [0.717, 1.165) is 43.1 Å². The zero-order valence-corrected chi connectivity index (χ0v) is 16.8. The summed E-state index contributed by atoms with van der Waals surface area (Å²) in [6, 6.07) is 7.61. The van der Waals surface area contributed by atoms with E-state index in [1.54, 1.807) is 13.2 Å². The molecule has 150 valence electrons. The highest BCUT2D eigenvalue weighted by Gasteiger charge is 2.29. The normalized spacial score (nSPS) is 20.2. The predicted molar refractivity (Wildman–Crippen MR) is 108 cm³/mol. The molecule has 0 bridgehead atoms. The average Bonchev–Trinajstić information content (AvgIpc) is 3.14. The molecule has 5 nitrogen and oxygen atoms in total. The number of anilines is 1. The van der Waals surface area contributed by atoms with Gasteiger partial charge in [0.2, 0.25) is 5.88 Å². The van der Waals surface area contributed by atoms with Crippen molar-refractivity contribution in [3.63, 3.8) is 0 Å². The largest absolute Gasteiger partial charge is 0.490 e. The van der Waals surface area contributed by atoms with E-state index >= 15 is 0 Å². The molecule has 2 atom stereocenters. The minimum absolute atomic E-state index is 0.0227. The van der Waals surface area contributed by atoms with E-state index in [0.29, 0.717) is 30.5 Å². The summed E-state index contributed by atoms with van der Waals surface area (Å²) in [7, 11) is 1.65. The number of ether oxygens (including phenoxy) is 2. The van der Waals surface area contributed by atoms with Crippen LogP contribution in [0.2, 0.25) is 0 Å². The fourth-order valence-corrected chi connectivity index (χ4v) is 4.33. The minimum atomic E-state index is -0.165. The first kappa shape index (κ1) is 19.0. The van der Waals surface area contributed by atoms with Crippen molar-refractivity contribution < 1.29 is 13.9 Å². The molecule has 1 fully saturated rings. The summed E-state index contributed by atoms with van der Waals surface area (Å²) in [5.41, 5.74) is 3.69. The Hall–Kier alpha value is -2.34. The lowest BCUT2D eigenvalue weighted by Crippen LogP contribution is -2.26. The number of hydrogen-bond donors (Lipinski definition) is 1. The van der Waals surface area contributed by atoms with E-state index < -0.39 is 0 Å². The van der Waals surface area contributed by atoms with Gasteiger partial charge in [-0.25, -0.2) is 9.37 Å². The molecule has 2 aliphatic heterocycles. The molecule has 0 saturated carbocycles. The molecular formula is C22H28FN3O2. The van der Waals surface area contributed by atoms with Gasteiger partial charge in [0.05, 0.1) is 12.8 Å². The molecule has 28 heavy (non-hydrogen) atoms. The van der Waals surface area contributed by atoms with E-state index in [1.165, 1.54) is 5.56 Å². The molecule has 1 N–H and O–H groups in total. The van der Waals surface area contributed by atoms with Crippen molar-refractivity contribution in [2.45, 2.75) is 32.7 Å². The first-order valence-corrected chi connectivity index (χ1v) is 9.99. The van der Waals surface area contributed by atoms with Gasteiger partial charge >= 0.3 is 0 Å². The summed E-state index contributed by atoms with van der Waals surface area (Å²) in [6.45, 7) is 7.35. The molecule has 0 amide bonds. The molecule has 2 aromatic rings. The van der Waals surface area contributed by atoms with Gasteiger partial charge in [-0.3, -0.25) is 4.90 Å². The third-order valence-electron chi connectivity index (χ3n) is 5.81. The van der Waals surface area contributed by atoms with E-state index in [-0.39, 0.29) is 11.9 Å². The van der Waals surface area contributed by atoms with Crippen molar-refractivity contribution in [1.82, 2.24) is 9.88 Å². The van der Waals surface area contributed by atoms with Gasteiger partial charge < -0.3 is 14.8 Å². The number of aryl methyl sites for hydroxylation is 1. The number of rotatable bonds is 5. The Labute approximate surface area is 165 Å². The van der Waals surface area contributed by atoms with Gasteiger partial charge in [-0.1, -0.05) is 0 Å². The van der Waals surface area contributed by atoms with Gasteiger partial charge in [-0.2, -0.15) is 0 Å². The van der Waals surface area contributed by atoms with Crippen LogP contribution in [0.3, 0.4) is 0 Å². The molecule has 6 heteroatoms. The highest BCUT2D eigenvalue weighted by Crippen LogP contribution is 2.36.